The molecule has 0 bridgehead atoms. The van der Waals surface area contributed by atoms with Gasteiger partial charge >= 0.3 is 18.1 Å². The van der Waals surface area contributed by atoms with Gasteiger partial charge in [0, 0.05) is 31.9 Å². The van der Waals surface area contributed by atoms with Crippen LogP contribution in [0.1, 0.15) is 31.1 Å². The number of nitrogens with zero attached hydrogens (tertiary/aromatic N) is 3. The number of anilines is 1. The maximum Gasteiger partial charge on any atom is 0.410 e. The molecule has 2 saturated heterocycles. The molecule has 2 aliphatic rings. The predicted octanol–water partition coefficient (Wildman–Crippen LogP) is 2.33. The summed E-state index contributed by atoms with van der Waals surface area (Å²) in [4.78, 5) is 41.7. The molecular formula is C19H25N3O5. The highest BCUT2D eigenvalue weighted by Gasteiger charge is 2.42. The summed E-state index contributed by atoms with van der Waals surface area (Å²) in [6.07, 6.45) is -0.351. The number of ether oxygens (including phenoxy) is 2. The average molecular weight is 375 g/mol. The summed E-state index contributed by atoms with van der Waals surface area (Å²) >= 11 is 0. The zero-order valence-corrected chi connectivity index (χ0v) is 16.1. The van der Waals surface area contributed by atoms with Gasteiger partial charge in [0.05, 0.1) is 18.7 Å². The molecule has 0 radical (unpaired) electrons. The molecule has 8 heteroatoms. The lowest BCUT2D eigenvalue weighted by Crippen LogP contribution is -2.54. The Hall–Kier alpha value is -2.77. The molecule has 0 spiro atoms. The third kappa shape index (κ3) is 3.99. The third-order valence-electron chi connectivity index (χ3n) is 4.60. The molecule has 0 saturated carbocycles. The Bertz CT molecular complexity index is 741. The van der Waals surface area contributed by atoms with Crippen molar-refractivity contribution in [3.05, 3.63) is 29.8 Å². The number of urea groups is 1. The van der Waals surface area contributed by atoms with Gasteiger partial charge in [0.1, 0.15) is 5.60 Å². The molecule has 8 nitrogen and oxygen atoms in total. The number of rotatable bonds is 2. The van der Waals surface area contributed by atoms with Crippen LogP contribution in [0.25, 0.3) is 0 Å². The van der Waals surface area contributed by atoms with Crippen LogP contribution in [0, 0.1) is 0 Å². The largest absolute Gasteiger partial charge is 0.465 e. The van der Waals surface area contributed by atoms with E-state index in [0.29, 0.717) is 37.4 Å². The number of amides is 3. The van der Waals surface area contributed by atoms with Crippen LogP contribution in [0.4, 0.5) is 15.3 Å². The lowest BCUT2D eigenvalue weighted by atomic mass is 10.2. The Kier molecular flexibility index (Phi) is 4.99. The lowest BCUT2D eigenvalue weighted by molar-refractivity contribution is 0.0128. The smallest absolute Gasteiger partial charge is 0.410 e. The van der Waals surface area contributed by atoms with Crippen molar-refractivity contribution >= 4 is 23.8 Å². The van der Waals surface area contributed by atoms with Crippen LogP contribution in [-0.2, 0) is 9.47 Å². The highest BCUT2D eigenvalue weighted by Crippen LogP contribution is 2.27. The van der Waals surface area contributed by atoms with E-state index in [9.17, 15) is 14.4 Å². The summed E-state index contributed by atoms with van der Waals surface area (Å²) in [6, 6.07) is 6.56. The van der Waals surface area contributed by atoms with Gasteiger partial charge in [-0.05, 0) is 45.0 Å². The number of fused-ring (bicyclic) bond motifs is 1. The van der Waals surface area contributed by atoms with E-state index < -0.39 is 11.6 Å². The van der Waals surface area contributed by atoms with Crippen molar-refractivity contribution in [3.8, 4) is 0 Å². The number of piperazine rings is 1. The second-order valence-electron chi connectivity index (χ2n) is 7.71. The number of carbonyl (C=O) groups is 3. The van der Waals surface area contributed by atoms with Crippen LogP contribution >= 0.6 is 0 Å². The summed E-state index contributed by atoms with van der Waals surface area (Å²) in [6.45, 7) is 7.35. The first-order valence-corrected chi connectivity index (χ1v) is 8.94. The number of esters is 1. The maximum atomic E-state index is 12.7. The molecule has 2 heterocycles. The van der Waals surface area contributed by atoms with Crippen LogP contribution in [0.15, 0.2) is 24.3 Å². The Morgan fingerprint density at radius 1 is 1.07 bits per heavy atom. The first-order chi connectivity index (χ1) is 12.7. The third-order valence-corrected chi connectivity index (χ3v) is 4.60. The summed E-state index contributed by atoms with van der Waals surface area (Å²) < 4.78 is 10.1. The van der Waals surface area contributed by atoms with Crippen LogP contribution in [0.5, 0.6) is 0 Å². The van der Waals surface area contributed by atoms with Crippen molar-refractivity contribution in [1.29, 1.82) is 0 Å². The van der Waals surface area contributed by atoms with E-state index in [2.05, 4.69) is 0 Å². The van der Waals surface area contributed by atoms with Gasteiger partial charge in [-0.1, -0.05) is 0 Å². The van der Waals surface area contributed by atoms with Crippen LogP contribution in [-0.4, -0.2) is 72.8 Å². The molecular weight excluding hydrogens is 350 g/mol. The number of benzene rings is 1. The SMILES string of the molecule is COC(=O)c1ccc(N2C[C@@H]3CN(C(=O)OC(C)(C)C)CCN3C2=O)cc1. The lowest BCUT2D eigenvalue weighted by Gasteiger charge is -2.36. The fourth-order valence-electron chi connectivity index (χ4n) is 3.31. The van der Waals surface area contributed by atoms with E-state index in [-0.39, 0.29) is 18.2 Å². The van der Waals surface area contributed by atoms with E-state index >= 15 is 0 Å². The minimum atomic E-state index is -0.548. The minimum absolute atomic E-state index is 0.0842. The summed E-state index contributed by atoms with van der Waals surface area (Å²) in [5.41, 5.74) is 0.597. The molecule has 0 aromatic heterocycles. The van der Waals surface area contributed by atoms with E-state index in [1.807, 2.05) is 20.8 Å². The van der Waals surface area contributed by atoms with E-state index in [1.165, 1.54) is 7.11 Å². The van der Waals surface area contributed by atoms with Gasteiger partial charge in [-0.15, -0.1) is 0 Å². The van der Waals surface area contributed by atoms with Crippen molar-refractivity contribution in [1.82, 2.24) is 9.80 Å². The Balaban J connectivity index is 1.68. The van der Waals surface area contributed by atoms with Crippen molar-refractivity contribution in [2.75, 3.05) is 38.2 Å². The second-order valence-corrected chi connectivity index (χ2v) is 7.71. The molecule has 3 rings (SSSR count). The molecule has 1 atom stereocenters. The van der Waals surface area contributed by atoms with E-state index in [4.69, 9.17) is 9.47 Å². The van der Waals surface area contributed by atoms with Crippen LogP contribution < -0.4 is 4.90 Å². The van der Waals surface area contributed by atoms with Gasteiger partial charge in [-0.25, -0.2) is 14.4 Å². The van der Waals surface area contributed by atoms with Gasteiger partial charge in [0.15, 0.2) is 0 Å². The van der Waals surface area contributed by atoms with Gasteiger partial charge < -0.3 is 19.3 Å². The molecule has 0 unspecified atom stereocenters. The standard InChI is InChI=1S/C19H25N3O5/c1-19(2,3)27-18(25)20-9-10-21-15(11-20)12-22(17(21)24)14-7-5-13(6-8-14)16(23)26-4/h5-8,15H,9-12H2,1-4H3/t15-/m0/s1. The molecule has 2 fully saturated rings. The molecule has 146 valence electrons. The second kappa shape index (κ2) is 7.09. The zero-order chi connectivity index (χ0) is 19.8. The highest BCUT2D eigenvalue weighted by atomic mass is 16.6. The average Bonchev–Trinajstić information content (AvgIpc) is 2.96. The van der Waals surface area contributed by atoms with Crippen molar-refractivity contribution in [3.63, 3.8) is 0 Å². The van der Waals surface area contributed by atoms with Gasteiger partial charge in [-0.2, -0.15) is 0 Å². The van der Waals surface area contributed by atoms with Gasteiger partial charge in [0.25, 0.3) is 0 Å². The zero-order valence-electron chi connectivity index (χ0n) is 16.1. The molecule has 3 amide bonds. The normalized spacial score (nSPS) is 19.8. The fourth-order valence-corrected chi connectivity index (χ4v) is 3.31. The number of hydrogen-bond donors (Lipinski definition) is 0. The van der Waals surface area contributed by atoms with Gasteiger partial charge in [-0.3, -0.25) is 4.90 Å². The predicted molar refractivity (Wildman–Crippen MR) is 98.8 cm³/mol. The molecule has 0 aliphatic carbocycles. The van der Waals surface area contributed by atoms with E-state index in [1.54, 1.807) is 39.0 Å². The molecule has 0 N–H and O–H groups in total. The fraction of sp³-hybridized carbons (Fsp3) is 0.526. The quantitative estimate of drug-likeness (QED) is 0.742. The summed E-state index contributed by atoms with van der Waals surface area (Å²) in [5.74, 6) is -0.417. The van der Waals surface area contributed by atoms with Crippen molar-refractivity contribution < 1.29 is 23.9 Å². The minimum Gasteiger partial charge on any atom is -0.465 e. The first-order valence-electron chi connectivity index (χ1n) is 8.94. The summed E-state index contributed by atoms with van der Waals surface area (Å²) in [7, 11) is 1.33. The molecule has 27 heavy (non-hydrogen) atoms. The van der Waals surface area contributed by atoms with Crippen LogP contribution in [0.3, 0.4) is 0 Å². The van der Waals surface area contributed by atoms with Crippen molar-refractivity contribution in [2.24, 2.45) is 0 Å². The molecule has 2 aliphatic heterocycles. The number of carbonyl (C=O) groups excluding carboxylic acids is 3. The monoisotopic (exact) mass is 375 g/mol. The summed E-state index contributed by atoms with van der Waals surface area (Å²) in [5, 5.41) is 0. The maximum absolute atomic E-state index is 12.7. The van der Waals surface area contributed by atoms with Gasteiger partial charge in [0.2, 0.25) is 0 Å². The highest BCUT2D eigenvalue weighted by molar-refractivity contribution is 5.96. The Labute approximate surface area is 158 Å². The van der Waals surface area contributed by atoms with E-state index in [0.717, 1.165) is 0 Å². The number of hydrogen-bond acceptors (Lipinski definition) is 5. The molecule has 1 aromatic carbocycles. The van der Waals surface area contributed by atoms with Crippen LogP contribution in [0.2, 0.25) is 0 Å². The first kappa shape index (κ1) is 19.0. The van der Waals surface area contributed by atoms with Crippen molar-refractivity contribution in [2.45, 2.75) is 32.4 Å². The Morgan fingerprint density at radius 3 is 2.33 bits per heavy atom. The topological polar surface area (TPSA) is 79.4 Å². The Morgan fingerprint density at radius 2 is 1.74 bits per heavy atom. The number of methoxy groups -OCH3 is 1. The molecule has 1 aromatic rings.